The third kappa shape index (κ3) is 2.78. The van der Waals surface area contributed by atoms with Crippen molar-refractivity contribution in [2.45, 2.75) is 45.6 Å². The van der Waals surface area contributed by atoms with E-state index in [0.29, 0.717) is 17.6 Å². The molecule has 1 saturated carbocycles. The van der Waals surface area contributed by atoms with Gasteiger partial charge in [0.2, 0.25) is 0 Å². The molecule has 1 aromatic heterocycles. The van der Waals surface area contributed by atoms with Gasteiger partial charge < -0.3 is 10.4 Å². The molecular weight excluding hydrogens is 230 g/mol. The SMILES string of the molecule is Cc1ncc(C(=O)O)c(NC(C)C2CCCC2)n1. The Bertz CT molecular complexity index is 442. The fourth-order valence-corrected chi connectivity index (χ4v) is 2.53. The average molecular weight is 249 g/mol. The van der Waals surface area contributed by atoms with Gasteiger partial charge in [-0.3, -0.25) is 0 Å². The first-order valence-corrected chi connectivity index (χ1v) is 6.41. The number of nitrogens with zero attached hydrogens (tertiary/aromatic N) is 2. The van der Waals surface area contributed by atoms with E-state index < -0.39 is 5.97 Å². The molecule has 0 bridgehead atoms. The molecule has 5 nitrogen and oxygen atoms in total. The number of carboxylic acid groups (broad SMARTS) is 1. The number of hydrogen-bond acceptors (Lipinski definition) is 4. The maximum Gasteiger partial charge on any atom is 0.341 e. The second-order valence-electron chi connectivity index (χ2n) is 4.96. The summed E-state index contributed by atoms with van der Waals surface area (Å²) < 4.78 is 0. The summed E-state index contributed by atoms with van der Waals surface area (Å²) in [6, 6.07) is 0.250. The van der Waals surface area contributed by atoms with Crippen molar-refractivity contribution in [3.63, 3.8) is 0 Å². The Balaban J connectivity index is 2.16. The quantitative estimate of drug-likeness (QED) is 0.857. The highest BCUT2D eigenvalue weighted by Gasteiger charge is 2.23. The molecule has 1 unspecified atom stereocenters. The molecule has 18 heavy (non-hydrogen) atoms. The molecule has 2 rings (SSSR count). The zero-order valence-corrected chi connectivity index (χ0v) is 10.8. The highest BCUT2D eigenvalue weighted by molar-refractivity contribution is 5.92. The van der Waals surface area contributed by atoms with Gasteiger partial charge in [-0.05, 0) is 32.6 Å². The summed E-state index contributed by atoms with van der Waals surface area (Å²) in [4.78, 5) is 19.3. The Morgan fingerprint density at radius 1 is 1.50 bits per heavy atom. The lowest BCUT2D eigenvalue weighted by Crippen LogP contribution is -2.26. The summed E-state index contributed by atoms with van der Waals surface area (Å²) in [5.41, 5.74) is 0.144. The first-order valence-electron chi connectivity index (χ1n) is 6.41. The molecule has 1 aliphatic carbocycles. The minimum Gasteiger partial charge on any atom is -0.477 e. The van der Waals surface area contributed by atoms with Crippen LogP contribution in [0.15, 0.2) is 6.20 Å². The number of carbonyl (C=O) groups is 1. The van der Waals surface area contributed by atoms with Gasteiger partial charge in [0.1, 0.15) is 17.2 Å². The number of aromatic nitrogens is 2. The van der Waals surface area contributed by atoms with E-state index in [-0.39, 0.29) is 11.6 Å². The molecule has 1 aliphatic rings. The van der Waals surface area contributed by atoms with Crippen molar-refractivity contribution in [3.8, 4) is 0 Å². The second-order valence-corrected chi connectivity index (χ2v) is 4.96. The number of nitrogens with one attached hydrogen (secondary N) is 1. The minimum absolute atomic E-state index is 0.144. The Hall–Kier alpha value is -1.65. The first kappa shape index (κ1) is 12.8. The Kier molecular flexibility index (Phi) is 3.79. The molecule has 0 amide bonds. The number of aromatic carboxylic acids is 1. The van der Waals surface area contributed by atoms with E-state index in [1.54, 1.807) is 6.92 Å². The molecule has 1 fully saturated rings. The molecule has 0 spiro atoms. The van der Waals surface area contributed by atoms with Crippen LogP contribution in [0.5, 0.6) is 0 Å². The van der Waals surface area contributed by atoms with Crippen LogP contribution in [0, 0.1) is 12.8 Å². The standard InChI is InChI=1S/C13H19N3O2/c1-8(10-5-3-4-6-10)15-12-11(13(17)18)7-14-9(2)16-12/h7-8,10H,3-6H2,1-2H3,(H,17,18)(H,14,15,16). The van der Waals surface area contributed by atoms with E-state index >= 15 is 0 Å². The van der Waals surface area contributed by atoms with Crippen molar-refractivity contribution in [3.05, 3.63) is 17.6 Å². The molecule has 0 saturated heterocycles. The molecule has 98 valence electrons. The van der Waals surface area contributed by atoms with Crippen LogP contribution in [0.3, 0.4) is 0 Å². The fraction of sp³-hybridized carbons (Fsp3) is 0.615. The average Bonchev–Trinajstić information content (AvgIpc) is 2.81. The largest absolute Gasteiger partial charge is 0.477 e. The first-order chi connectivity index (χ1) is 8.58. The van der Waals surface area contributed by atoms with Crippen LogP contribution in [-0.4, -0.2) is 27.1 Å². The summed E-state index contributed by atoms with van der Waals surface area (Å²) in [6.07, 6.45) is 6.33. The van der Waals surface area contributed by atoms with E-state index in [1.165, 1.54) is 31.9 Å². The molecular formula is C13H19N3O2. The maximum absolute atomic E-state index is 11.1. The lowest BCUT2D eigenvalue weighted by atomic mass is 10.00. The monoisotopic (exact) mass is 249 g/mol. The smallest absolute Gasteiger partial charge is 0.341 e. The van der Waals surface area contributed by atoms with Crippen LogP contribution in [-0.2, 0) is 0 Å². The molecule has 5 heteroatoms. The van der Waals surface area contributed by atoms with Crippen LogP contribution in [0.1, 0.15) is 48.8 Å². The highest BCUT2D eigenvalue weighted by atomic mass is 16.4. The van der Waals surface area contributed by atoms with E-state index in [1.807, 2.05) is 0 Å². The van der Waals surface area contributed by atoms with Gasteiger partial charge in [0.05, 0.1) is 0 Å². The van der Waals surface area contributed by atoms with Gasteiger partial charge in [0.25, 0.3) is 0 Å². The summed E-state index contributed by atoms with van der Waals surface area (Å²) in [5, 5.41) is 12.4. The predicted octanol–water partition coefficient (Wildman–Crippen LogP) is 2.47. The van der Waals surface area contributed by atoms with E-state index in [4.69, 9.17) is 5.11 Å². The van der Waals surface area contributed by atoms with Gasteiger partial charge in [-0.25, -0.2) is 14.8 Å². The van der Waals surface area contributed by atoms with Crippen LogP contribution < -0.4 is 5.32 Å². The normalized spacial score (nSPS) is 17.7. The molecule has 0 aliphatic heterocycles. The van der Waals surface area contributed by atoms with Crippen molar-refractivity contribution < 1.29 is 9.90 Å². The van der Waals surface area contributed by atoms with Crippen molar-refractivity contribution in [1.29, 1.82) is 0 Å². The van der Waals surface area contributed by atoms with Crippen molar-refractivity contribution in [1.82, 2.24) is 9.97 Å². The lowest BCUT2D eigenvalue weighted by Gasteiger charge is -2.21. The number of aryl methyl sites for hydroxylation is 1. The predicted molar refractivity (Wildman–Crippen MR) is 68.8 cm³/mol. The molecule has 0 aromatic carbocycles. The fourth-order valence-electron chi connectivity index (χ4n) is 2.53. The van der Waals surface area contributed by atoms with Gasteiger partial charge in [-0.1, -0.05) is 12.8 Å². The molecule has 0 radical (unpaired) electrons. The van der Waals surface area contributed by atoms with E-state index in [9.17, 15) is 4.79 Å². The lowest BCUT2D eigenvalue weighted by molar-refractivity contribution is 0.0697. The summed E-state index contributed by atoms with van der Waals surface area (Å²) in [7, 11) is 0. The van der Waals surface area contributed by atoms with Crippen LogP contribution >= 0.6 is 0 Å². The van der Waals surface area contributed by atoms with Gasteiger partial charge in [-0.15, -0.1) is 0 Å². The zero-order chi connectivity index (χ0) is 13.1. The number of carboxylic acids is 1. The number of anilines is 1. The number of rotatable bonds is 4. The van der Waals surface area contributed by atoms with Gasteiger partial charge in [0.15, 0.2) is 0 Å². The third-order valence-corrected chi connectivity index (χ3v) is 3.61. The van der Waals surface area contributed by atoms with Gasteiger partial charge in [0, 0.05) is 12.2 Å². The van der Waals surface area contributed by atoms with E-state index in [2.05, 4.69) is 22.2 Å². The van der Waals surface area contributed by atoms with Gasteiger partial charge in [-0.2, -0.15) is 0 Å². The molecule has 2 N–H and O–H groups in total. The molecule has 1 aromatic rings. The van der Waals surface area contributed by atoms with E-state index in [0.717, 1.165) is 0 Å². The summed E-state index contributed by atoms with van der Waals surface area (Å²) >= 11 is 0. The molecule has 1 heterocycles. The Labute approximate surface area is 107 Å². The van der Waals surface area contributed by atoms with Crippen molar-refractivity contribution >= 4 is 11.8 Å². The maximum atomic E-state index is 11.1. The Morgan fingerprint density at radius 2 is 2.17 bits per heavy atom. The second kappa shape index (κ2) is 5.33. The summed E-state index contributed by atoms with van der Waals surface area (Å²) in [5.74, 6) is 0.647. The van der Waals surface area contributed by atoms with Crippen molar-refractivity contribution in [2.75, 3.05) is 5.32 Å². The van der Waals surface area contributed by atoms with Crippen LogP contribution in [0.25, 0.3) is 0 Å². The van der Waals surface area contributed by atoms with Crippen LogP contribution in [0.2, 0.25) is 0 Å². The zero-order valence-electron chi connectivity index (χ0n) is 10.8. The van der Waals surface area contributed by atoms with Crippen molar-refractivity contribution in [2.24, 2.45) is 5.92 Å². The third-order valence-electron chi connectivity index (χ3n) is 3.61. The Morgan fingerprint density at radius 3 is 2.78 bits per heavy atom. The topological polar surface area (TPSA) is 75.1 Å². The highest BCUT2D eigenvalue weighted by Crippen LogP contribution is 2.29. The van der Waals surface area contributed by atoms with Gasteiger partial charge >= 0.3 is 5.97 Å². The van der Waals surface area contributed by atoms with Crippen LogP contribution in [0.4, 0.5) is 5.82 Å². The minimum atomic E-state index is -0.990. The molecule has 1 atom stereocenters. The number of hydrogen-bond donors (Lipinski definition) is 2. The summed E-state index contributed by atoms with van der Waals surface area (Å²) in [6.45, 7) is 3.86.